The van der Waals surface area contributed by atoms with Crippen LogP contribution in [0.25, 0.3) is 0 Å². The van der Waals surface area contributed by atoms with E-state index in [0.29, 0.717) is 45.3 Å². The van der Waals surface area contributed by atoms with Crippen molar-refractivity contribution in [2.24, 2.45) is 4.99 Å². The van der Waals surface area contributed by atoms with E-state index in [-0.39, 0.29) is 12.5 Å². The van der Waals surface area contributed by atoms with Crippen LogP contribution in [0, 0.1) is 0 Å². The van der Waals surface area contributed by atoms with E-state index in [0.717, 1.165) is 17.8 Å². The summed E-state index contributed by atoms with van der Waals surface area (Å²) in [5, 5.41) is 3.20. The first-order chi connectivity index (χ1) is 13.7. The molecule has 0 radical (unpaired) electrons. The molecule has 0 aromatic heterocycles. The number of carbonyl (C=O) groups is 1. The highest BCUT2D eigenvalue weighted by Gasteiger charge is 2.30. The van der Waals surface area contributed by atoms with E-state index >= 15 is 0 Å². The van der Waals surface area contributed by atoms with Crippen molar-refractivity contribution in [3.05, 3.63) is 29.8 Å². The van der Waals surface area contributed by atoms with Crippen molar-refractivity contribution >= 4 is 17.6 Å². The van der Waals surface area contributed by atoms with Gasteiger partial charge in [0.05, 0.1) is 12.2 Å². The van der Waals surface area contributed by atoms with Gasteiger partial charge in [-0.05, 0) is 24.3 Å². The van der Waals surface area contributed by atoms with Gasteiger partial charge in [0, 0.05) is 59.6 Å². The molecule has 0 aliphatic carbocycles. The van der Waals surface area contributed by atoms with E-state index in [1.165, 1.54) is 17.0 Å². The van der Waals surface area contributed by atoms with E-state index in [1.54, 1.807) is 21.2 Å². The van der Waals surface area contributed by atoms with E-state index in [9.17, 15) is 18.0 Å². The summed E-state index contributed by atoms with van der Waals surface area (Å²) >= 11 is 0. The SMILES string of the molecule is COCCNC(=NCC(=O)N(C)C)N1CCN(c2ccc(C(F)(F)F)cc2)CC1. The summed E-state index contributed by atoms with van der Waals surface area (Å²) in [4.78, 5) is 21.8. The Morgan fingerprint density at radius 1 is 1.17 bits per heavy atom. The number of methoxy groups -OCH3 is 1. The molecule has 1 heterocycles. The average Bonchev–Trinajstić information content (AvgIpc) is 2.70. The number of alkyl halides is 3. The van der Waals surface area contributed by atoms with Crippen molar-refractivity contribution < 1.29 is 22.7 Å². The quantitative estimate of drug-likeness (QED) is 0.434. The van der Waals surface area contributed by atoms with Gasteiger partial charge in [-0.3, -0.25) is 4.79 Å². The third-order valence-electron chi connectivity index (χ3n) is 4.59. The fourth-order valence-electron chi connectivity index (χ4n) is 2.85. The maximum atomic E-state index is 12.7. The minimum atomic E-state index is -4.33. The second-order valence-electron chi connectivity index (χ2n) is 6.87. The number of rotatable bonds is 6. The molecule has 1 aliphatic heterocycles. The van der Waals surface area contributed by atoms with Crippen LogP contribution in [0.4, 0.5) is 18.9 Å². The van der Waals surface area contributed by atoms with Gasteiger partial charge in [0.15, 0.2) is 5.96 Å². The number of anilines is 1. The summed E-state index contributed by atoms with van der Waals surface area (Å²) in [5.41, 5.74) is 0.105. The second-order valence-corrected chi connectivity index (χ2v) is 6.87. The van der Waals surface area contributed by atoms with Gasteiger partial charge in [-0.1, -0.05) is 0 Å². The first kappa shape index (κ1) is 22.8. The van der Waals surface area contributed by atoms with Gasteiger partial charge in [-0.15, -0.1) is 0 Å². The fourth-order valence-corrected chi connectivity index (χ4v) is 2.85. The number of nitrogens with zero attached hydrogens (tertiary/aromatic N) is 4. The van der Waals surface area contributed by atoms with Gasteiger partial charge >= 0.3 is 6.18 Å². The van der Waals surface area contributed by atoms with Crippen molar-refractivity contribution in [2.75, 3.05) is 72.0 Å². The lowest BCUT2D eigenvalue weighted by molar-refractivity contribution is -0.137. The van der Waals surface area contributed by atoms with E-state index in [1.807, 2.05) is 9.80 Å². The summed E-state index contributed by atoms with van der Waals surface area (Å²) in [7, 11) is 4.97. The number of guanidine groups is 1. The molecule has 29 heavy (non-hydrogen) atoms. The molecule has 1 N–H and O–H groups in total. The smallest absolute Gasteiger partial charge is 0.383 e. The number of carbonyl (C=O) groups excluding carboxylic acids is 1. The predicted molar refractivity (Wildman–Crippen MR) is 106 cm³/mol. The maximum absolute atomic E-state index is 12.7. The Morgan fingerprint density at radius 3 is 2.31 bits per heavy atom. The zero-order valence-corrected chi connectivity index (χ0v) is 17.0. The van der Waals surface area contributed by atoms with Crippen molar-refractivity contribution in [1.82, 2.24) is 15.1 Å². The van der Waals surface area contributed by atoms with Crippen LogP contribution in [-0.4, -0.2) is 88.7 Å². The number of aliphatic imine (C=N–C) groups is 1. The van der Waals surface area contributed by atoms with Crippen molar-refractivity contribution in [1.29, 1.82) is 0 Å². The lowest BCUT2D eigenvalue weighted by atomic mass is 10.1. The first-order valence-corrected chi connectivity index (χ1v) is 9.37. The third kappa shape index (κ3) is 6.81. The van der Waals surface area contributed by atoms with Crippen LogP contribution < -0.4 is 10.2 Å². The number of nitrogens with one attached hydrogen (secondary N) is 1. The van der Waals surface area contributed by atoms with Gasteiger partial charge in [-0.25, -0.2) is 4.99 Å². The molecule has 1 aromatic rings. The standard InChI is InChI=1S/C19H28F3N5O2/c1-25(2)17(28)14-24-18(23-8-13-29-3)27-11-9-26(10-12-27)16-6-4-15(5-7-16)19(20,21)22/h4-7H,8-14H2,1-3H3,(H,23,24). The average molecular weight is 415 g/mol. The molecule has 1 fully saturated rings. The van der Waals surface area contributed by atoms with Gasteiger partial charge in [0.1, 0.15) is 6.54 Å². The largest absolute Gasteiger partial charge is 0.416 e. The minimum absolute atomic E-state index is 0.0431. The first-order valence-electron chi connectivity index (χ1n) is 9.37. The van der Waals surface area contributed by atoms with Crippen LogP contribution in [0.15, 0.2) is 29.3 Å². The number of likely N-dealkylation sites (N-methyl/N-ethyl adjacent to an activating group) is 1. The number of hydrogen-bond donors (Lipinski definition) is 1. The summed E-state index contributed by atoms with van der Waals surface area (Å²) in [6, 6.07) is 5.21. The van der Waals surface area contributed by atoms with Gasteiger partial charge in [0.2, 0.25) is 5.91 Å². The Hall–Kier alpha value is -2.49. The number of piperazine rings is 1. The molecular formula is C19H28F3N5O2. The highest BCUT2D eigenvalue weighted by Crippen LogP contribution is 2.30. The highest BCUT2D eigenvalue weighted by atomic mass is 19.4. The Morgan fingerprint density at radius 2 is 1.79 bits per heavy atom. The molecule has 0 saturated carbocycles. The van der Waals surface area contributed by atoms with Gasteiger partial charge in [0.25, 0.3) is 0 Å². The topological polar surface area (TPSA) is 60.4 Å². The van der Waals surface area contributed by atoms with Gasteiger partial charge in [-0.2, -0.15) is 13.2 Å². The molecule has 10 heteroatoms. The second kappa shape index (κ2) is 10.3. The zero-order chi connectivity index (χ0) is 21.4. The molecule has 1 aromatic carbocycles. The number of halogens is 3. The fraction of sp³-hybridized carbons (Fsp3) is 0.579. The Kier molecular flexibility index (Phi) is 8.12. The number of ether oxygens (including phenoxy) is 1. The van der Waals surface area contributed by atoms with Crippen LogP contribution in [0.2, 0.25) is 0 Å². The monoisotopic (exact) mass is 415 g/mol. The molecule has 2 rings (SSSR count). The molecule has 0 atom stereocenters. The Labute approximate surface area is 169 Å². The summed E-state index contributed by atoms with van der Waals surface area (Å²) < 4.78 is 43.2. The normalized spacial score (nSPS) is 15.4. The van der Waals surface area contributed by atoms with E-state index in [4.69, 9.17) is 4.74 Å². The minimum Gasteiger partial charge on any atom is -0.383 e. The van der Waals surface area contributed by atoms with Crippen LogP contribution >= 0.6 is 0 Å². The van der Waals surface area contributed by atoms with Crippen molar-refractivity contribution in [3.8, 4) is 0 Å². The van der Waals surface area contributed by atoms with Crippen LogP contribution in [0.3, 0.4) is 0 Å². The van der Waals surface area contributed by atoms with E-state index < -0.39 is 11.7 Å². The lowest BCUT2D eigenvalue weighted by Crippen LogP contribution is -2.53. The van der Waals surface area contributed by atoms with Crippen molar-refractivity contribution in [2.45, 2.75) is 6.18 Å². The molecule has 0 unspecified atom stereocenters. The zero-order valence-electron chi connectivity index (χ0n) is 17.0. The molecule has 0 bridgehead atoms. The summed E-state index contributed by atoms with van der Waals surface area (Å²) in [6.07, 6.45) is -4.33. The molecule has 1 saturated heterocycles. The third-order valence-corrected chi connectivity index (χ3v) is 4.59. The van der Waals surface area contributed by atoms with Crippen molar-refractivity contribution in [3.63, 3.8) is 0 Å². The number of hydrogen-bond acceptors (Lipinski definition) is 4. The molecule has 1 aliphatic rings. The molecular weight excluding hydrogens is 387 g/mol. The molecule has 1 amide bonds. The summed E-state index contributed by atoms with van der Waals surface area (Å²) in [5.74, 6) is 0.531. The molecule has 0 spiro atoms. The van der Waals surface area contributed by atoms with Crippen LogP contribution in [0.1, 0.15) is 5.56 Å². The van der Waals surface area contributed by atoms with Crippen LogP contribution in [0.5, 0.6) is 0 Å². The van der Waals surface area contributed by atoms with E-state index in [2.05, 4.69) is 10.3 Å². The predicted octanol–water partition coefficient (Wildman–Crippen LogP) is 1.51. The number of amides is 1. The highest BCUT2D eigenvalue weighted by molar-refractivity contribution is 5.85. The molecule has 7 nitrogen and oxygen atoms in total. The van der Waals surface area contributed by atoms with Crippen LogP contribution in [-0.2, 0) is 15.7 Å². The Bertz CT molecular complexity index is 684. The summed E-state index contributed by atoms with van der Waals surface area (Å²) in [6.45, 7) is 3.65. The lowest BCUT2D eigenvalue weighted by Gasteiger charge is -2.38. The molecule has 162 valence electrons. The Balaban J connectivity index is 1.99. The number of benzene rings is 1. The maximum Gasteiger partial charge on any atom is 0.416 e. The van der Waals surface area contributed by atoms with Gasteiger partial charge < -0.3 is 24.8 Å².